The Labute approximate surface area is 177 Å². The van der Waals surface area contributed by atoms with Crippen molar-refractivity contribution in [2.24, 2.45) is 0 Å². The molecule has 0 saturated heterocycles. The lowest BCUT2D eigenvalue weighted by atomic mass is 10.0. The second kappa shape index (κ2) is 7.71. The van der Waals surface area contributed by atoms with Gasteiger partial charge in [0.25, 0.3) is 0 Å². The van der Waals surface area contributed by atoms with Gasteiger partial charge in [0.05, 0.1) is 18.0 Å². The normalized spacial score (nSPS) is 11.6. The summed E-state index contributed by atoms with van der Waals surface area (Å²) in [6.07, 6.45) is 5.40. The van der Waals surface area contributed by atoms with Crippen LogP contribution < -0.4 is 0 Å². The molecule has 3 aromatic carbocycles. The number of nitrogens with zero attached hydrogens (tertiary/aromatic N) is 2. The van der Waals surface area contributed by atoms with Gasteiger partial charge in [0.2, 0.25) is 0 Å². The zero-order valence-electron chi connectivity index (χ0n) is 16.0. The van der Waals surface area contributed by atoms with Crippen LogP contribution in [0, 0.1) is 0 Å². The number of benzene rings is 3. The lowest BCUT2D eigenvalue weighted by molar-refractivity contribution is 0.104. The number of carbonyl (C=O) groups is 1. The maximum absolute atomic E-state index is 12.8. The third-order valence-electron chi connectivity index (χ3n) is 5.14. The molecule has 0 aliphatic rings. The molecule has 5 rings (SSSR count). The van der Waals surface area contributed by atoms with E-state index in [1.54, 1.807) is 17.4 Å². The summed E-state index contributed by atoms with van der Waals surface area (Å²) in [4.78, 5) is 18.5. The molecular formula is C25H18N2O2S. The van der Waals surface area contributed by atoms with Gasteiger partial charge in [-0.05, 0) is 34.6 Å². The Morgan fingerprint density at radius 1 is 1.03 bits per heavy atom. The number of aliphatic hydroxyl groups excluding tert-OH is 1. The molecule has 30 heavy (non-hydrogen) atoms. The number of hydrogen-bond acceptors (Lipinski definition) is 4. The molecule has 5 aromatic rings. The average molecular weight is 410 g/mol. The summed E-state index contributed by atoms with van der Waals surface area (Å²) in [5, 5.41) is 13.4. The van der Waals surface area contributed by atoms with Crippen molar-refractivity contribution in [2.75, 3.05) is 0 Å². The fourth-order valence-electron chi connectivity index (χ4n) is 3.54. The highest BCUT2D eigenvalue weighted by Gasteiger charge is 2.13. The monoisotopic (exact) mass is 410 g/mol. The molecule has 1 N–H and O–H groups in total. The number of allylic oxidation sites excluding steroid dienone is 1. The van der Waals surface area contributed by atoms with Crippen molar-refractivity contribution < 1.29 is 9.90 Å². The number of fused-ring (bicyclic) bond motifs is 2. The van der Waals surface area contributed by atoms with Gasteiger partial charge in [-0.25, -0.2) is 4.98 Å². The number of carbonyl (C=O) groups excluding carboxylic acids is 1. The van der Waals surface area contributed by atoms with E-state index >= 15 is 0 Å². The Balaban J connectivity index is 1.52. The molecule has 0 unspecified atom stereocenters. The Morgan fingerprint density at radius 2 is 1.83 bits per heavy atom. The molecule has 0 spiro atoms. The highest BCUT2D eigenvalue weighted by atomic mass is 32.1. The van der Waals surface area contributed by atoms with Gasteiger partial charge in [-0.3, -0.25) is 9.20 Å². The van der Waals surface area contributed by atoms with E-state index in [0.29, 0.717) is 5.56 Å². The third-order valence-corrected chi connectivity index (χ3v) is 5.89. The van der Waals surface area contributed by atoms with Crippen molar-refractivity contribution in [3.63, 3.8) is 0 Å². The largest absolute Gasteiger partial charge is 0.392 e. The fourth-order valence-corrected chi connectivity index (χ4v) is 4.26. The van der Waals surface area contributed by atoms with Gasteiger partial charge in [0, 0.05) is 22.7 Å². The fraction of sp³-hybridized carbons (Fsp3) is 0.0400. The first-order valence-electron chi connectivity index (χ1n) is 9.60. The molecule has 0 radical (unpaired) electrons. The molecule has 0 bridgehead atoms. The van der Waals surface area contributed by atoms with Crippen LogP contribution in [-0.4, -0.2) is 20.3 Å². The van der Waals surface area contributed by atoms with Crippen molar-refractivity contribution in [1.82, 2.24) is 9.38 Å². The first-order chi connectivity index (χ1) is 14.7. The van der Waals surface area contributed by atoms with Crippen LogP contribution in [0.25, 0.3) is 33.1 Å². The SMILES string of the molecule is O=C(/C=C/c1c(-c2ccc(CO)cc2)nc2sccn12)c1ccc2ccccc2c1. The van der Waals surface area contributed by atoms with Crippen LogP contribution in [0.2, 0.25) is 0 Å². The second-order valence-electron chi connectivity index (χ2n) is 7.02. The van der Waals surface area contributed by atoms with E-state index < -0.39 is 0 Å². The van der Waals surface area contributed by atoms with E-state index in [2.05, 4.69) is 0 Å². The summed E-state index contributed by atoms with van der Waals surface area (Å²) in [7, 11) is 0. The van der Waals surface area contributed by atoms with E-state index in [9.17, 15) is 9.90 Å². The van der Waals surface area contributed by atoms with E-state index in [1.807, 2.05) is 88.8 Å². The van der Waals surface area contributed by atoms with E-state index in [0.717, 1.165) is 38.2 Å². The average Bonchev–Trinajstić information content (AvgIpc) is 3.39. The molecule has 2 heterocycles. The zero-order chi connectivity index (χ0) is 20.5. The lowest BCUT2D eigenvalue weighted by Gasteiger charge is -2.03. The van der Waals surface area contributed by atoms with Gasteiger partial charge in [-0.15, -0.1) is 11.3 Å². The minimum atomic E-state index is -0.0486. The Kier molecular flexibility index (Phi) is 4.75. The minimum Gasteiger partial charge on any atom is -0.392 e. The Hall–Kier alpha value is -3.54. The van der Waals surface area contributed by atoms with Crippen molar-refractivity contribution in [2.45, 2.75) is 6.61 Å². The summed E-state index contributed by atoms with van der Waals surface area (Å²) >= 11 is 1.55. The lowest BCUT2D eigenvalue weighted by Crippen LogP contribution is -1.95. The number of hydrogen-bond donors (Lipinski definition) is 1. The zero-order valence-corrected chi connectivity index (χ0v) is 16.8. The molecular weight excluding hydrogens is 392 g/mol. The number of ketones is 1. The summed E-state index contributed by atoms with van der Waals surface area (Å²) in [6.45, 7) is 0.00554. The van der Waals surface area contributed by atoms with Gasteiger partial charge < -0.3 is 5.11 Å². The summed E-state index contributed by atoms with van der Waals surface area (Å²) in [5.41, 5.74) is 4.13. The van der Waals surface area contributed by atoms with Gasteiger partial charge in [0.15, 0.2) is 10.7 Å². The molecule has 146 valence electrons. The van der Waals surface area contributed by atoms with Crippen molar-refractivity contribution >= 4 is 38.9 Å². The topological polar surface area (TPSA) is 54.6 Å². The highest BCUT2D eigenvalue weighted by molar-refractivity contribution is 7.15. The molecule has 2 aromatic heterocycles. The number of rotatable bonds is 5. The molecule has 0 aliphatic carbocycles. The van der Waals surface area contributed by atoms with Gasteiger partial charge in [0.1, 0.15) is 0 Å². The molecule has 0 saturated carbocycles. The maximum Gasteiger partial charge on any atom is 0.194 e. The highest BCUT2D eigenvalue weighted by Crippen LogP contribution is 2.28. The van der Waals surface area contributed by atoms with Crippen LogP contribution in [-0.2, 0) is 6.61 Å². The van der Waals surface area contributed by atoms with Crippen LogP contribution in [0.1, 0.15) is 21.6 Å². The predicted octanol–water partition coefficient (Wildman–Crippen LogP) is 5.60. The first kappa shape index (κ1) is 18.5. The second-order valence-corrected chi connectivity index (χ2v) is 7.89. The van der Waals surface area contributed by atoms with Crippen molar-refractivity contribution in [3.05, 3.63) is 101 Å². The van der Waals surface area contributed by atoms with Gasteiger partial charge in [-0.2, -0.15) is 0 Å². The van der Waals surface area contributed by atoms with Crippen molar-refractivity contribution in [3.8, 4) is 11.3 Å². The van der Waals surface area contributed by atoms with Crippen LogP contribution in [0.5, 0.6) is 0 Å². The van der Waals surface area contributed by atoms with E-state index in [1.165, 1.54) is 0 Å². The van der Waals surface area contributed by atoms with Crippen LogP contribution in [0.3, 0.4) is 0 Å². The number of thiazole rings is 1. The van der Waals surface area contributed by atoms with Gasteiger partial charge in [-0.1, -0.05) is 60.7 Å². The van der Waals surface area contributed by atoms with E-state index in [4.69, 9.17) is 4.98 Å². The smallest absolute Gasteiger partial charge is 0.194 e. The molecule has 5 heteroatoms. The molecule has 4 nitrogen and oxygen atoms in total. The summed E-state index contributed by atoms with van der Waals surface area (Å²) in [6, 6.07) is 21.4. The van der Waals surface area contributed by atoms with Crippen LogP contribution in [0.4, 0.5) is 0 Å². The Morgan fingerprint density at radius 3 is 2.63 bits per heavy atom. The molecule has 0 aliphatic heterocycles. The standard InChI is InChI=1S/C25H18N2O2S/c28-16-17-5-7-19(8-6-17)24-22(27-13-14-30-25(27)26-24)11-12-23(29)21-10-9-18-3-1-2-4-20(18)15-21/h1-15,28H,16H2/b12-11+. The number of imidazole rings is 1. The van der Waals surface area contributed by atoms with Crippen LogP contribution in [0.15, 0.2) is 84.4 Å². The minimum absolute atomic E-state index is 0.00554. The maximum atomic E-state index is 12.8. The third kappa shape index (κ3) is 3.34. The first-order valence-corrected chi connectivity index (χ1v) is 10.5. The molecule has 0 atom stereocenters. The molecule has 0 amide bonds. The summed E-state index contributed by atoms with van der Waals surface area (Å²) in [5.74, 6) is -0.0486. The Bertz CT molecular complexity index is 1390. The molecule has 0 fully saturated rings. The number of aromatic nitrogens is 2. The van der Waals surface area contributed by atoms with Crippen molar-refractivity contribution in [1.29, 1.82) is 0 Å². The predicted molar refractivity (Wildman–Crippen MR) is 122 cm³/mol. The van der Waals surface area contributed by atoms with E-state index in [-0.39, 0.29) is 12.4 Å². The van der Waals surface area contributed by atoms with Crippen LogP contribution >= 0.6 is 11.3 Å². The van der Waals surface area contributed by atoms with Gasteiger partial charge >= 0.3 is 0 Å². The number of aliphatic hydroxyl groups is 1. The summed E-state index contributed by atoms with van der Waals surface area (Å²) < 4.78 is 1.99. The quantitative estimate of drug-likeness (QED) is 0.303.